The van der Waals surface area contributed by atoms with Crippen LogP contribution in [-0.2, 0) is 4.74 Å². The number of halogens is 1. The standard InChI is InChI=1S/C15H15FN2O4/c1-4-21-15(20)10-5-8(2)13(11(16)7-10)22-12-6-9(3)17-18-14(12)19/h5-7H,4H2,1-3H3,(H,18,19). The topological polar surface area (TPSA) is 81.3 Å². The molecule has 6 nitrogen and oxygen atoms in total. The Balaban J connectivity index is 2.38. The number of carbonyl (C=O) groups is 1. The molecule has 0 bridgehead atoms. The number of benzene rings is 1. The van der Waals surface area contributed by atoms with Gasteiger partial charge in [0, 0.05) is 6.07 Å². The number of rotatable bonds is 4. The summed E-state index contributed by atoms with van der Waals surface area (Å²) in [5, 5.41) is 5.96. The van der Waals surface area contributed by atoms with E-state index in [1.165, 1.54) is 12.1 Å². The Morgan fingerprint density at radius 1 is 1.32 bits per heavy atom. The van der Waals surface area contributed by atoms with Crippen molar-refractivity contribution >= 4 is 5.97 Å². The fraction of sp³-hybridized carbons (Fsp3) is 0.267. The van der Waals surface area contributed by atoms with E-state index in [1.54, 1.807) is 20.8 Å². The molecule has 7 heteroatoms. The largest absolute Gasteiger partial charge is 0.462 e. The van der Waals surface area contributed by atoms with E-state index in [-0.39, 0.29) is 23.7 Å². The van der Waals surface area contributed by atoms with Gasteiger partial charge >= 0.3 is 11.5 Å². The Kier molecular flexibility index (Phi) is 4.55. The third-order valence-electron chi connectivity index (χ3n) is 2.85. The number of aromatic nitrogens is 2. The van der Waals surface area contributed by atoms with Crippen molar-refractivity contribution in [2.24, 2.45) is 0 Å². The molecule has 1 aromatic carbocycles. The van der Waals surface area contributed by atoms with Gasteiger partial charge in [-0.1, -0.05) is 0 Å². The fourth-order valence-corrected chi connectivity index (χ4v) is 1.86. The van der Waals surface area contributed by atoms with Gasteiger partial charge in [0.05, 0.1) is 17.9 Å². The van der Waals surface area contributed by atoms with E-state index < -0.39 is 17.3 Å². The van der Waals surface area contributed by atoms with Gasteiger partial charge in [-0.25, -0.2) is 14.3 Å². The highest BCUT2D eigenvalue weighted by atomic mass is 19.1. The first kappa shape index (κ1) is 15.7. The molecule has 0 fully saturated rings. The van der Waals surface area contributed by atoms with Crippen LogP contribution in [0.5, 0.6) is 11.5 Å². The average molecular weight is 306 g/mol. The van der Waals surface area contributed by atoms with Crippen molar-refractivity contribution in [1.82, 2.24) is 10.2 Å². The van der Waals surface area contributed by atoms with Crippen molar-refractivity contribution in [3.05, 3.63) is 51.2 Å². The van der Waals surface area contributed by atoms with Gasteiger partial charge in [-0.2, -0.15) is 5.10 Å². The molecule has 0 unspecified atom stereocenters. The third kappa shape index (κ3) is 3.30. The molecule has 0 amide bonds. The van der Waals surface area contributed by atoms with Crippen LogP contribution in [0.25, 0.3) is 0 Å². The zero-order valence-electron chi connectivity index (χ0n) is 12.4. The molecule has 0 saturated heterocycles. The summed E-state index contributed by atoms with van der Waals surface area (Å²) in [6.45, 7) is 5.10. The van der Waals surface area contributed by atoms with Crippen molar-refractivity contribution in [2.75, 3.05) is 6.61 Å². The lowest BCUT2D eigenvalue weighted by Gasteiger charge is -2.11. The Hall–Kier alpha value is -2.70. The molecule has 2 rings (SSSR count). The second kappa shape index (κ2) is 6.38. The molecule has 1 aromatic heterocycles. The molecule has 0 saturated carbocycles. The lowest BCUT2D eigenvalue weighted by Crippen LogP contribution is -2.12. The summed E-state index contributed by atoms with van der Waals surface area (Å²) in [6.07, 6.45) is 0. The van der Waals surface area contributed by atoms with Gasteiger partial charge in [-0.05, 0) is 38.5 Å². The first-order valence-corrected chi connectivity index (χ1v) is 6.63. The number of aryl methyl sites for hydroxylation is 2. The maximum Gasteiger partial charge on any atom is 0.338 e. The predicted octanol–water partition coefficient (Wildman–Crippen LogP) is 2.49. The van der Waals surface area contributed by atoms with Crippen LogP contribution >= 0.6 is 0 Å². The Labute approximate surface area is 125 Å². The highest BCUT2D eigenvalue weighted by molar-refractivity contribution is 5.90. The molecule has 2 aromatic rings. The first-order chi connectivity index (χ1) is 10.4. The number of esters is 1. The number of carbonyl (C=O) groups excluding carboxylic acids is 1. The van der Waals surface area contributed by atoms with Gasteiger partial charge in [0.25, 0.3) is 0 Å². The second-order valence-corrected chi connectivity index (χ2v) is 4.63. The Morgan fingerprint density at radius 3 is 2.68 bits per heavy atom. The summed E-state index contributed by atoms with van der Waals surface area (Å²) in [6, 6.07) is 3.86. The number of ether oxygens (including phenoxy) is 2. The maximum atomic E-state index is 14.2. The first-order valence-electron chi connectivity index (χ1n) is 6.63. The number of hydrogen-bond acceptors (Lipinski definition) is 5. The van der Waals surface area contributed by atoms with Crippen LogP contribution in [0.1, 0.15) is 28.5 Å². The van der Waals surface area contributed by atoms with Crippen molar-refractivity contribution in [3.8, 4) is 11.5 Å². The molecular formula is C15H15FN2O4. The lowest BCUT2D eigenvalue weighted by atomic mass is 10.1. The Bertz CT molecular complexity index is 747. The molecule has 0 radical (unpaired) electrons. The molecule has 0 aliphatic heterocycles. The normalized spacial score (nSPS) is 10.4. The minimum atomic E-state index is -0.753. The maximum absolute atomic E-state index is 14.2. The van der Waals surface area contributed by atoms with Crippen LogP contribution < -0.4 is 10.3 Å². The van der Waals surface area contributed by atoms with Gasteiger partial charge in [-0.15, -0.1) is 0 Å². The highest BCUT2D eigenvalue weighted by Crippen LogP contribution is 2.28. The third-order valence-corrected chi connectivity index (χ3v) is 2.85. The zero-order chi connectivity index (χ0) is 16.3. The van der Waals surface area contributed by atoms with Crippen molar-refractivity contribution in [3.63, 3.8) is 0 Å². The van der Waals surface area contributed by atoms with Crippen LogP contribution in [0.2, 0.25) is 0 Å². The summed E-state index contributed by atoms with van der Waals surface area (Å²) in [4.78, 5) is 23.2. The summed E-state index contributed by atoms with van der Waals surface area (Å²) in [5.74, 6) is -1.56. The van der Waals surface area contributed by atoms with Crippen LogP contribution in [0.15, 0.2) is 23.0 Å². The highest BCUT2D eigenvalue weighted by Gasteiger charge is 2.16. The van der Waals surface area contributed by atoms with Crippen molar-refractivity contribution in [1.29, 1.82) is 0 Å². The van der Waals surface area contributed by atoms with Gasteiger partial charge in [-0.3, -0.25) is 4.79 Å². The van der Waals surface area contributed by atoms with E-state index in [0.717, 1.165) is 6.07 Å². The fourth-order valence-electron chi connectivity index (χ4n) is 1.86. The summed E-state index contributed by atoms with van der Waals surface area (Å²) < 4.78 is 24.3. The molecule has 0 spiro atoms. The number of H-pyrrole nitrogens is 1. The van der Waals surface area contributed by atoms with Crippen LogP contribution in [-0.4, -0.2) is 22.8 Å². The van der Waals surface area contributed by atoms with E-state index in [4.69, 9.17) is 9.47 Å². The number of nitrogens with one attached hydrogen (secondary N) is 1. The minimum Gasteiger partial charge on any atom is -0.462 e. The molecule has 116 valence electrons. The molecule has 0 aliphatic rings. The second-order valence-electron chi connectivity index (χ2n) is 4.63. The van der Waals surface area contributed by atoms with Crippen molar-refractivity contribution in [2.45, 2.75) is 20.8 Å². The monoisotopic (exact) mass is 306 g/mol. The van der Waals surface area contributed by atoms with E-state index in [9.17, 15) is 14.0 Å². The number of nitrogens with zero attached hydrogens (tertiary/aromatic N) is 1. The minimum absolute atomic E-state index is 0.0709. The average Bonchev–Trinajstić information content (AvgIpc) is 2.46. The lowest BCUT2D eigenvalue weighted by molar-refractivity contribution is 0.0525. The summed E-state index contributed by atoms with van der Waals surface area (Å²) in [5.41, 5.74) is 0.413. The van der Waals surface area contributed by atoms with E-state index >= 15 is 0 Å². The molecular weight excluding hydrogens is 291 g/mol. The zero-order valence-corrected chi connectivity index (χ0v) is 12.4. The van der Waals surface area contributed by atoms with E-state index in [2.05, 4.69) is 10.2 Å². The van der Waals surface area contributed by atoms with Gasteiger partial charge < -0.3 is 9.47 Å². The van der Waals surface area contributed by atoms with Gasteiger partial charge in [0.15, 0.2) is 17.3 Å². The smallest absolute Gasteiger partial charge is 0.338 e. The van der Waals surface area contributed by atoms with E-state index in [0.29, 0.717) is 11.3 Å². The number of aromatic amines is 1. The molecule has 22 heavy (non-hydrogen) atoms. The van der Waals surface area contributed by atoms with E-state index in [1.807, 2.05) is 0 Å². The molecule has 1 N–H and O–H groups in total. The summed E-state index contributed by atoms with van der Waals surface area (Å²) >= 11 is 0. The molecule has 1 heterocycles. The van der Waals surface area contributed by atoms with Crippen LogP contribution in [0.3, 0.4) is 0 Å². The molecule has 0 aliphatic carbocycles. The Morgan fingerprint density at radius 2 is 2.05 bits per heavy atom. The SMILES string of the molecule is CCOC(=O)c1cc(C)c(Oc2cc(C)n[nH]c2=O)c(F)c1. The quantitative estimate of drug-likeness (QED) is 0.878. The number of hydrogen-bond donors (Lipinski definition) is 1. The summed E-state index contributed by atoms with van der Waals surface area (Å²) in [7, 11) is 0. The molecule has 0 atom stereocenters. The van der Waals surface area contributed by atoms with Crippen LogP contribution in [0, 0.1) is 19.7 Å². The van der Waals surface area contributed by atoms with Crippen molar-refractivity contribution < 1.29 is 18.7 Å². The van der Waals surface area contributed by atoms with Gasteiger partial charge in [0.2, 0.25) is 0 Å². The van der Waals surface area contributed by atoms with Crippen LogP contribution in [0.4, 0.5) is 4.39 Å². The predicted molar refractivity (Wildman–Crippen MR) is 76.8 cm³/mol. The van der Waals surface area contributed by atoms with Gasteiger partial charge in [0.1, 0.15) is 0 Å².